The zero-order valence-electron chi connectivity index (χ0n) is 15.3. The second-order valence-corrected chi connectivity index (χ2v) is 8.37. The fourth-order valence-corrected chi connectivity index (χ4v) is 4.96. The van der Waals surface area contributed by atoms with E-state index in [-0.39, 0.29) is 32.3 Å². The van der Waals surface area contributed by atoms with Crippen LogP contribution in [-0.4, -0.2) is 72.3 Å². The average Bonchev–Trinajstić information content (AvgIpc) is 2.71. The van der Waals surface area contributed by atoms with Crippen LogP contribution in [0.25, 0.3) is 19.9 Å². The molecule has 1 aliphatic carbocycles. The summed E-state index contributed by atoms with van der Waals surface area (Å²) in [6.45, 7) is 3.25. The van der Waals surface area contributed by atoms with Gasteiger partial charge in [0.1, 0.15) is 0 Å². The summed E-state index contributed by atoms with van der Waals surface area (Å²) in [5, 5.41) is 0. The van der Waals surface area contributed by atoms with E-state index in [2.05, 4.69) is 0 Å². The van der Waals surface area contributed by atoms with Gasteiger partial charge in [-0.1, -0.05) is 0 Å². The molecular weight excluding hydrogens is 429 g/mol. The third-order valence-corrected chi connectivity index (χ3v) is 6.45. The van der Waals surface area contributed by atoms with Gasteiger partial charge >= 0.3 is 168 Å². The maximum absolute atomic E-state index is 12.7. The molecule has 0 aromatic heterocycles. The molecule has 0 bridgehead atoms. The first-order chi connectivity index (χ1) is 13.8. The van der Waals surface area contributed by atoms with E-state index in [1.54, 1.807) is 6.07 Å². The number of hydrogen-bond acceptors (Lipinski definition) is 7. The third-order valence-electron chi connectivity index (χ3n) is 4.15. The van der Waals surface area contributed by atoms with Crippen molar-refractivity contribution >= 4 is 24.3 Å². The van der Waals surface area contributed by atoms with E-state index in [4.69, 9.17) is 28.7 Å². The Kier molecular flexibility index (Phi) is 6.56. The Morgan fingerprint density at radius 1 is 0.786 bits per heavy atom. The van der Waals surface area contributed by atoms with Crippen molar-refractivity contribution in [3.63, 3.8) is 0 Å². The molecule has 0 saturated heterocycles. The van der Waals surface area contributed by atoms with Gasteiger partial charge in [-0.2, -0.15) is 0 Å². The molecule has 0 fully saturated rings. The second-order valence-electron chi connectivity index (χ2n) is 6.10. The van der Waals surface area contributed by atoms with Crippen molar-refractivity contribution in [3.8, 4) is 21.6 Å². The van der Waals surface area contributed by atoms with Crippen LogP contribution in [0.2, 0.25) is 0 Å². The van der Waals surface area contributed by atoms with E-state index in [1.165, 1.54) is 0 Å². The number of hydrogen-bond donors (Lipinski definition) is 0. The minimum atomic E-state index is -0.196. The Hall–Kier alpha value is -1.96. The Morgan fingerprint density at radius 3 is 2.11 bits per heavy atom. The van der Waals surface area contributed by atoms with Crippen LogP contribution in [0.5, 0.6) is 11.5 Å². The fourth-order valence-electron chi connectivity index (χ4n) is 2.86. The summed E-state index contributed by atoms with van der Waals surface area (Å²) in [5.74, 6) is 0.584. The van der Waals surface area contributed by atoms with Crippen molar-refractivity contribution in [2.75, 3.05) is 52.9 Å². The molecule has 1 aromatic rings. The Bertz CT molecular complexity index is 959. The van der Waals surface area contributed by atoms with Gasteiger partial charge in [-0.25, -0.2) is 0 Å². The van der Waals surface area contributed by atoms with Gasteiger partial charge in [-0.05, 0) is 0 Å². The number of benzene rings is 2. The van der Waals surface area contributed by atoms with Crippen molar-refractivity contribution < 1.29 is 23.7 Å². The van der Waals surface area contributed by atoms with Crippen LogP contribution in [0.4, 0.5) is 0 Å². The van der Waals surface area contributed by atoms with E-state index >= 15 is 0 Å². The molecule has 0 amide bonds. The van der Waals surface area contributed by atoms with E-state index in [1.807, 2.05) is 24.3 Å². The van der Waals surface area contributed by atoms with Crippen molar-refractivity contribution in [1.82, 2.24) is 4.98 Å². The molecule has 3 aliphatic rings. The number of fused-ring (bicyclic) bond motifs is 4. The second kappa shape index (κ2) is 9.49. The first kappa shape index (κ1) is 19.4. The zero-order valence-corrected chi connectivity index (χ0v) is 17.1. The molecule has 28 heavy (non-hydrogen) atoms. The molecule has 7 nitrogen and oxygen atoms in total. The summed E-state index contributed by atoms with van der Waals surface area (Å²) in [6.07, 6.45) is 0. The number of rotatable bonds is 0. The van der Waals surface area contributed by atoms with E-state index in [0.29, 0.717) is 57.7 Å². The van der Waals surface area contributed by atoms with Crippen molar-refractivity contribution in [1.29, 1.82) is 0 Å². The van der Waals surface area contributed by atoms with Crippen molar-refractivity contribution in [2.24, 2.45) is 0 Å². The number of ether oxygens (including phenoxy) is 5. The van der Waals surface area contributed by atoms with Crippen LogP contribution in [0, 0.1) is 0 Å². The van der Waals surface area contributed by atoms with Gasteiger partial charge in [0.05, 0.1) is 0 Å². The quantitative estimate of drug-likeness (QED) is 0.380. The van der Waals surface area contributed by atoms with Gasteiger partial charge in [0.2, 0.25) is 0 Å². The molecule has 4 rings (SSSR count). The van der Waals surface area contributed by atoms with Crippen LogP contribution in [0.1, 0.15) is 0 Å². The molecule has 1 aromatic carbocycles. The van der Waals surface area contributed by atoms with Gasteiger partial charge in [0.25, 0.3) is 0 Å². The summed E-state index contributed by atoms with van der Waals surface area (Å²) in [4.78, 5) is 17.5. The van der Waals surface area contributed by atoms with Crippen LogP contribution < -0.4 is 14.9 Å². The third kappa shape index (κ3) is 4.54. The molecule has 0 radical (unpaired) electrons. The summed E-state index contributed by atoms with van der Waals surface area (Å²) in [5.41, 5.74) is 1.40. The molecular formula is C20H21NO6Se. The average molecular weight is 450 g/mol. The maximum atomic E-state index is 12.7. The molecule has 148 valence electrons. The standard InChI is InChI=1S/C20H21NO6Se/c22-15-13-17-18(21-14-3-1-2-4-16(14)28-17)20-19(15)26-11-9-24-7-5-23-6-8-25-10-12-27-20/h1-4,13H,5-12H2. The number of para-hydroxylation sites is 1. The van der Waals surface area contributed by atoms with Gasteiger partial charge in [0.15, 0.2) is 0 Å². The molecule has 0 atom stereocenters. The Labute approximate surface area is 168 Å². The topological polar surface area (TPSA) is 76.1 Å². The van der Waals surface area contributed by atoms with Crippen LogP contribution >= 0.6 is 0 Å². The van der Waals surface area contributed by atoms with Gasteiger partial charge in [0, 0.05) is 0 Å². The molecule has 2 aliphatic heterocycles. The number of nitrogens with zero attached hydrogens (tertiary/aromatic N) is 1. The summed E-state index contributed by atoms with van der Waals surface area (Å²) >= 11 is -0.0147. The van der Waals surface area contributed by atoms with Gasteiger partial charge < -0.3 is 0 Å². The number of aromatic nitrogens is 1. The minimum absolute atomic E-state index is 0.0147. The normalized spacial score (nSPS) is 17.1. The van der Waals surface area contributed by atoms with Crippen LogP contribution in [-0.2, 0) is 14.2 Å². The summed E-state index contributed by atoms with van der Waals surface area (Å²) < 4.78 is 30.1. The predicted octanol–water partition coefficient (Wildman–Crippen LogP) is 1.58. The molecule has 0 saturated carbocycles. The van der Waals surface area contributed by atoms with Gasteiger partial charge in [-0.3, -0.25) is 0 Å². The predicted molar refractivity (Wildman–Crippen MR) is 105 cm³/mol. The SMILES string of the molecule is O=c1cc2[se]c3ccccc3nc-2c2c1OCCOCCOCCOCCO2. The van der Waals surface area contributed by atoms with E-state index in [9.17, 15) is 4.79 Å². The van der Waals surface area contributed by atoms with Crippen LogP contribution in [0.15, 0.2) is 35.1 Å². The molecule has 0 N–H and O–H groups in total. The van der Waals surface area contributed by atoms with Crippen LogP contribution in [0.3, 0.4) is 0 Å². The summed E-state index contributed by atoms with van der Waals surface area (Å²) in [7, 11) is 0. The van der Waals surface area contributed by atoms with Crippen molar-refractivity contribution in [2.45, 2.75) is 0 Å². The molecule has 2 heterocycles. The van der Waals surface area contributed by atoms with Crippen molar-refractivity contribution in [3.05, 3.63) is 40.6 Å². The fraction of sp³-hybridized carbons (Fsp3) is 0.400. The Balaban J connectivity index is 1.71. The van der Waals surface area contributed by atoms with E-state index in [0.717, 1.165) is 14.2 Å². The monoisotopic (exact) mass is 451 g/mol. The molecule has 0 unspecified atom stereocenters. The Morgan fingerprint density at radius 2 is 1.39 bits per heavy atom. The van der Waals surface area contributed by atoms with E-state index < -0.39 is 0 Å². The first-order valence-electron chi connectivity index (χ1n) is 9.18. The molecule has 8 heteroatoms. The zero-order chi connectivity index (χ0) is 19.2. The van der Waals surface area contributed by atoms with Gasteiger partial charge in [-0.15, -0.1) is 0 Å². The molecule has 0 spiro atoms. The summed E-state index contributed by atoms with van der Waals surface area (Å²) in [6, 6.07) is 9.59. The first-order valence-corrected chi connectivity index (χ1v) is 10.9.